The Bertz CT molecular complexity index is 370. The van der Waals surface area contributed by atoms with E-state index in [1.807, 2.05) is 7.05 Å². The van der Waals surface area contributed by atoms with Gasteiger partial charge in [0.15, 0.2) is 0 Å². The van der Waals surface area contributed by atoms with Gasteiger partial charge < -0.3 is 4.74 Å². The third-order valence-corrected chi connectivity index (χ3v) is 2.82. The van der Waals surface area contributed by atoms with Crippen molar-refractivity contribution < 1.29 is 9.53 Å². The van der Waals surface area contributed by atoms with E-state index in [9.17, 15) is 4.79 Å². The third-order valence-electron chi connectivity index (χ3n) is 2.82. The largest absolute Gasteiger partial charge is 0.462 e. The summed E-state index contributed by atoms with van der Waals surface area (Å²) in [7, 11) is 1.85. The van der Waals surface area contributed by atoms with Gasteiger partial charge in [0.1, 0.15) is 5.56 Å². The van der Waals surface area contributed by atoms with Crippen LogP contribution >= 0.6 is 0 Å². The fourth-order valence-corrected chi connectivity index (χ4v) is 1.69. The zero-order valence-electron chi connectivity index (χ0n) is 11.1. The van der Waals surface area contributed by atoms with Gasteiger partial charge in [0.05, 0.1) is 18.5 Å². The van der Waals surface area contributed by atoms with E-state index in [2.05, 4.69) is 23.8 Å². The molecule has 1 rings (SSSR count). The van der Waals surface area contributed by atoms with Crippen LogP contribution in [-0.2, 0) is 18.3 Å². The van der Waals surface area contributed by atoms with Crippen molar-refractivity contribution in [1.29, 1.82) is 0 Å². The molecule has 0 saturated carbocycles. The monoisotopic (exact) mass is 239 g/mol. The van der Waals surface area contributed by atoms with E-state index in [0.29, 0.717) is 12.2 Å². The minimum absolute atomic E-state index is 0.289. The minimum Gasteiger partial charge on any atom is -0.462 e. The number of hydrogen-bond donors (Lipinski definition) is 0. The molecule has 0 aliphatic carbocycles. The molecule has 17 heavy (non-hydrogen) atoms. The first-order valence-corrected chi connectivity index (χ1v) is 6.04. The number of esters is 1. The van der Waals surface area contributed by atoms with Gasteiger partial charge in [-0.1, -0.05) is 13.8 Å². The van der Waals surface area contributed by atoms with Crippen LogP contribution in [0.5, 0.6) is 0 Å². The van der Waals surface area contributed by atoms with E-state index < -0.39 is 0 Å². The summed E-state index contributed by atoms with van der Waals surface area (Å²) in [6, 6.07) is 0. The molecule has 0 radical (unpaired) electrons. The molecule has 0 spiro atoms. The number of aryl methyl sites for hydroxylation is 1. The summed E-state index contributed by atoms with van der Waals surface area (Å²) in [5.74, 6) is -0.289. The predicted octanol–water partition coefficient (Wildman–Crippen LogP) is 1.44. The second-order valence-corrected chi connectivity index (χ2v) is 3.81. The summed E-state index contributed by atoms with van der Waals surface area (Å²) in [4.78, 5) is 14.0. The van der Waals surface area contributed by atoms with Crippen LogP contribution in [0.2, 0.25) is 0 Å². The second-order valence-electron chi connectivity index (χ2n) is 3.81. The first-order valence-electron chi connectivity index (χ1n) is 6.04. The lowest BCUT2D eigenvalue weighted by atomic mass is 10.2. The quantitative estimate of drug-likeness (QED) is 0.705. The number of rotatable bonds is 6. The number of hydrogen-bond acceptors (Lipinski definition) is 4. The van der Waals surface area contributed by atoms with Gasteiger partial charge in [0.2, 0.25) is 0 Å². The van der Waals surface area contributed by atoms with Crippen molar-refractivity contribution in [1.82, 2.24) is 14.7 Å². The number of aromatic nitrogens is 2. The molecule has 0 aromatic carbocycles. The minimum atomic E-state index is -0.289. The topological polar surface area (TPSA) is 47.4 Å². The number of carbonyl (C=O) groups is 1. The van der Waals surface area contributed by atoms with Gasteiger partial charge in [-0.05, 0) is 20.0 Å². The average molecular weight is 239 g/mol. The predicted molar refractivity (Wildman–Crippen MR) is 65.8 cm³/mol. The zero-order chi connectivity index (χ0) is 12.8. The maximum Gasteiger partial charge on any atom is 0.341 e. The molecule has 0 bridgehead atoms. The maximum absolute atomic E-state index is 11.7. The van der Waals surface area contributed by atoms with Crippen LogP contribution in [0.15, 0.2) is 6.20 Å². The van der Waals surface area contributed by atoms with Gasteiger partial charge in [-0.15, -0.1) is 0 Å². The van der Waals surface area contributed by atoms with Gasteiger partial charge >= 0.3 is 5.97 Å². The molecule has 0 fully saturated rings. The van der Waals surface area contributed by atoms with Crippen molar-refractivity contribution in [3.63, 3.8) is 0 Å². The van der Waals surface area contributed by atoms with Crippen molar-refractivity contribution >= 4 is 5.97 Å². The Labute approximate surface area is 102 Å². The van der Waals surface area contributed by atoms with E-state index >= 15 is 0 Å². The molecule has 5 heteroatoms. The molecule has 1 aromatic rings. The van der Waals surface area contributed by atoms with Crippen LogP contribution in [0.1, 0.15) is 36.8 Å². The Morgan fingerprint density at radius 1 is 1.41 bits per heavy atom. The summed E-state index contributed by atoms with van der Waals surface area (Å²) in [5.41, 5.74) is 1.48. The van der Waals surface area contributed by atoms with Crippen molar-refractivity contribution in [2.45, 2.75) is 27.3 Å². The smallest absolute Gasteiger partial charge is 0.341 e. The molecule has 1 aromatic heterocycles. The highest BCUT2D eigenvalue weighted by Gasteiger charge is 2.18. The van der Waals surface area contributed by atoms with Crippen LogP contribution in [0.4, 0.5) is 0 Å². The summed E-state index contributed by atoms with van der Waals surface area (Å²) < 4.78 is 6.76. The zero-order valence-corrected chi connectivity index (χ0v) is 11.1. The number of nitrogens with zero attached hydrogens (tertiary/aromatic N) is 3. The maximum atomic E-state index is 11.7. The summed E-state index contributed by atoms with van der Waals surface area (Å²) >= 11 is 0. The standard InChI is InChI=1S/C12H21N3O2/c1-5-15(6-2)9-11-10(8-13-14(11)4)12(16)17-7-3/h8H,5-7,9H2,1-4H3. The van der Waals surface area contributed by atoms with Crippen molar-refractivity contribution in [3.8, 4) is 0 Å². The highest BCUT2D eigenvalue weighted by molar-refractivity contribution is 5.90. The highest BCUT2D eigenvalue weighted by atomic mass is 16.5. The molecule has 0 N–H and O–H groups in total. The first-order chi connectivity index (χ1) is 8.13. The molecule has 0 saturated heterocycles. The van der Waals surface area contributed by atoms with E-state index in [4.69, 9.17) is 4.74 Å². The van der Waals surface area contributed by atoms with Crippen LogP contribution < -0.4 is 0 Å². The van der Waals surface area contributed by atoms with Gasteiger partial charge in [-0.25, -0.2) is 4.79 Å². The fraction of sp³-hybridized carbons (Fsp3) is 0.667. The van der Waals surface area contributed by atoms with Gasteiger partial charge in [-0.2, -0.15) is 5.10 Å². The Morgan fingerprint density at radius 3 is 2.59 bits per heavy atom. The van der Waals surface area contributed by atoms with Gasteiger partial charge in [0.25, 0.3) is 0 Å². The Hall–Kier alpha value is -1.36. The molecular weight excluding hydrogens is 218 g/mol. The van der Waals surface area contributed by atoms with Gasteiger partial charge in [-0.3, -0.25) is 9.58 Å². The first kappa shape index (κ1) is 13.7. The third kappa shape index (κ3) is 3.30. The van der Waals surface area contributed by atoms with E-state index in [1.54, 1.807) is 17.8 Å². The van der Waals surface area contributed by atoms with E-state index in [-0.39, 0.29) is 5.97 Å². The molecule has 0 amide bonds. The summed E-state index contributed by atoms with van der Waals surface area (Å²) in [5, 5.41) is 4.13. The fourth-order valence-electron chi connectivity index (χ4n) is 1.69. The normalized spacial score (nSPS) is 10.9. The van der Waals surface area contributed by atoms with E-state index in [0.717, 1.165) is 25.3 Å². The van der Waals surface area contributed by atoms with Gasteiger partial charge in [0, 0.05) is 13.6 Å². The lowest BCUT2D eigenvalue weighted by Gasteiger charge is -2.18. The van der Waals surface area contributed by atoms with Crippen molar-refractivity contribution in [2.75, 3.05) is 19.7 Å². The van der Waals surface area contributed by atoms with Crippen LogP contribution in [0.3, 0.4) is 0 Å². The summed E-state index contributed by atoms with van der Waals surface area (Å²) in [6.07, 6.45) is 1.58. The van der Waals surface area contributed by atoms with Crippen LogP contribution in [0, 0.1) is 0 Å². The van der Waals surface area contributed by atoms with E-state index in [1.165, 1.54) is 0 Å². The number of ether oxygens (including phenoxy) is 1. The lowest BCUT2D eigenvalue weighted by Crippen LogP contribution is -2.25. The van der Waals surface area contributed by atoms with Crippen molar-refractivity contribution in [3.05, 3.63) is 17.5 Å². The van der Waals surface area contributed by atoms with Crippen molar-refractivity contribution in [2.24, 2.45) is 7.05 Å². The molecule has 0 atom stereocenters. The molecule has 5 nitrogen and oxygen atoms in total. The Kier molecular flexibility index (Phi) is 5.15. The van der Waals surface area contributed by atoms with Crippen LogP contribution in [0.25, 0.3) is 0 Å². The highest BCUT2D eigenvalue weighted by Crippen LogP contribution is 2.12. The number of carbonyl (C=O) groups excluding carboxylic acids is 1. The summed E-state index contributed by atoms with van der Waals surface area (Å²) in [6.45, 7) is 9.01. The molecule has 0 unspecified atom stereocenters. The average Bonchev–Trinajstić information content (AvgIpc) is 2.68. The lowest BCUT2D eigenvalue weighted by molar-refractivity contribution is 0.0523. The molecular formula is C12H21N3O2. The molecule has 0 aliphatic rings. The molecule has 1 heterocycles. The molecule has 96 valence electrons. The second kappa shape index (κ2) is 6.39. The Morgan fingerprint density at radius 2 is 2.06 bits per heavy atom. The molecule has 0 aliphatic heterocycles. The Balaban J connectivity index is 2.89. The van der Waals surface area contributed by atoms with Crippen LogP contribution in [-0.4, -0.2) is 40.3 Å². The SMILES string of the molecule is CCOC(=O)c1cnn(C)c1CN(CC)CC.